The zero-order valence-corrected chi connectivity index (χ0v) is 19.8. The van der Waals surface area contributed by atoms with Crippen LogP contribution in [-0.4, -0.2) is 51.0 Å². The zero-order chi connectivity index (χ0) is 24.6. The van der Waals surface area contributed by atoms with Crippen LogP contribution in [0.4, 0.5) is 5.69 Å². The molecule has 1 aliphatic rings. The number of hydrogen-bond acceptors (Lipinski definition) is 6. The number of rotatable bonds is 5. The number of H-pyrrole nitrogens is 1. The Morgan fingerprint density at radius 3 is 2.66 bits per heavy atom. The number of nitrogens with one attached hydrogen (secondary N) is 2. The number of sulfonamides is 1. The molecule has 1 saturated heterocycles. The number of aromatic nitrogens is 4. The second kappa shape index (κ2) is 9.08. The fraction of sp³-hybridized carbons (Fsp3) is 0.250. The monoisotopic (exact) mass is 492 g/mol. The summed E-state index contributed by atoms with van der Waals surface area (Å²) in [5.41, 5.74) is 1.36. The van der Waals surface area contributed by atoms with Crippen LogP contribution >= 0.6 is 0 Å². The van der Waals surface area contributed by atoms with Crippen LogP contribution in [0.25, 0.3) is 16.7 Å². The minimum Gasteiger partial charge on any atom is -0.320 e. The third-order valence-electron chi connectivity index (χ3n) is 6.22. The summed E-state index contributed by atoms with van der Waals surface area (Å²) in [6, 6.07) is 12.9. The lowest BCUT2D eigenvalue weighted by atomic mass is 10.1. The molecule has 0 aliphatic carbocycles. The fourth-order valence-corrected chi connectivity index (χ4v) is 6.03. The second-order valence-electron chi connectivity index (χ2n) is 8.48. The van der Waals surface area contributed by atoms with Gasteiger partial charge in [-0.3, -0.25) is 9.59 Å². The molecule has 5 rings (SSSR count). The van der Waals surface area contributed by atoms with Gasteiger partial charge in [-0.05, 0) is 56.2 Å². The van der Waals surface area contributed by atoms with Crippen LogP contribution in [0.5, 0.6) is 0 Å². The molecule has 2 aromatic heterocycles. The lowest BCUT2D eigenvalue weighted by Crippen LogP contribution is -2.41. The molecular formula is C24H24N6O4S. The predicted molar refractivity (Wildman–Crippen MR) is 131 cm³/mol. The number of para-hydroxylation sites is 2. The van der Waals surface area contributed by atoms with Gasteiger partial charge < -0.3 is 10.3 Å². The van der Waals surface area contributed by atoms with Gasteiger partial charge in [-0.15, -0.1) is 0 Å². The van der Waals surface area contributed by atoms with Gasteiger partial charge in [0.05, 0.1) is 28.8 Å². The second-order valence-corrected chi connectivity index (χ2v) is 10.4. The van der Waals surface area contributed by atoms with Crippen molar-refractivity contribution in [2.45, 2.75) is 37.1 Å². The molecule has 4 aromatic rings. The van der Waals surface area contributed by atoms with E-state index >= 15 is 0 Å². The Morgan fingerprint density at radius 1 is 1.11 bits per heavy atom. The summed E-state index contributed by atoms with van der Waals surface area (Å²) in [6.07, 6.45) is 5.43. The molecule has 10 nitrogen and oxygen atoms in total. The molecule has 1 unspecified atom stereocenters. The number of nitrogens with zero attached hydrogens (tertiary/aromatic N) is 4. The van der Waals surface area contributed by atoms with E-state index in [9.17, 15) is 18.0 Å². The standard InChI is InChI=1S/C24H24N6O4S/c1-16-6-4-5-13-29(16)35(33,34)18-11-9-17(10-12-18)23(31)28-20-7-2-3-8-21(20)30-22-19(14-27-30)24(32)26-15-25-22/h2-3,7-12,14-16H,4-6,13H2,1H3,(H,28,31)(H,25,26,32). The number of carbonyl (C=O) groups excluding carboxylic acids is 1. The zero-order valence-electron chi connectivity index (χ0n) is 19.0. The Bertz CT molecular complexity index is 1560. The summed E-state index contributed by atoms with van der Waals surface area (Å²) < 4.78 is 29.1. The topological polar surface area (TPSA) is 130 Å². The largest absolute Gasteiger partial charge is 0.320 e. The van der Waals surface area contributed by atoms with E-state index in [1.807, 2.05) is 6.92 Å². The van der Waals surface area contributed by atoms with E-state index in [0.717, 1.165) is 19.3 Å². The molecule has 0 saturated carbocycles. The SMILES string of the molecule is CC1CCCCN1S(=O)(=O)c1ccc(C(=O)Nc2ccccc2-n2ncc3c(=O)[nH]cnc32)cc1. The molecular weight excluding hydrogens is 468 g/mol. The highest BCUT2D eigenvalue weighted by molar-refractivity contribution is 7.89. The smallest absolute Gasteiger partial charge is 0.261 e. The van der Waals surface area contributed by atoms with Gasteiger partial charge in [-0.1, -0.05) is 18.6 Å². The molecule has 3 heterocycles. The molecule has 0 spiro atoms. The Morgan fingerprint density at radius 2 is 1.89 bits per heavy atom. The number of benzene rings is 2. The van der Waals surface area contributed by atoms with E-state index in [-0.39, 0.29) is 16.5 Å². The van der Waals surface area contributed by atoms with Crippen LogP contribution in [0.2, 0.25) is 0 Å². The van der Waals surface area contributed by atoms with E-state index in [2.05, 4.69) is 20.4 Å². The average Bonchev–Trinajstić information content (AvgIpc) is 3.30. The van der Waals surface area contributed by atoms with Crippen LogP contribution in [0, 0.1) is 0 Å². The summed E-state index contributed by atoms with van der Waals surface area (Å²) in [6.45, 7) is 2.43. The van der Waals surface area contributed by atoms with E-state index in [0.29, 0.717) is 34.5 Å². The van der Waals surface area contributed by atoms with E-state index < -0.39 is 15.9 Å². The van der Waals surface area contributed by atoms with Crippen LogP contribution in [0.1, 0.15) is 36.5 Å². The van der Waals surface area contributed by atoms with Crippen molar-refractivity contribution in [3.8, 4) is 5.69 Å². The maximum absolute atomic E-state index is 13.1. The first-order valence-corrected chi connectivity index (χ1v) is 12.7. The number of fused-ring (bicyclic) bond motifs is 1. The van der Waals surface area contributed by atoms with Gasteiger partial charge in [-0.25, -0.2) is 18.1 Å². The lowest BCUT2D eigenvalue weighted by Gasteiger charge is -2.32. The van der Waals surface area contributed by atoms with Gasteiger partial charge in [0.15, 0.2) is 5.65 Å². The van der Waals surface area contributed by atoms with Gasteiger partial charge in [0.25, 0.3) is 11.5 Å². The Hall–Kier alpha value is -3.83. The van der Waals surface area contributed by atoms with Crippen molar-refractivity contribution in [3.05, 3.63) is 77.0 Å². The highest BCUT2D eigenvalue weighted by Gasteiger charge is 2.31. The number of hydrogen-bond donors (Lipinski definition) is 2. The highest BCUT2D eigenvalue weighted by Crippen LogP contribution is 2.26. The quantitative estimate of drug-likeness (QED) is 0.441. The molecule has 1 atom stereocenters. The van der Waals surface area contributed by atoms with E-state index in [4.69, 9.17) is 0 Å². The fourth-order valence-electron chi connectivity index (χ4n) is 4.33. The Balaban J connectivity index is 1.40. The highest BCUT2D eigenvalue weighted by atomic mass is 32.2. The van der Waals surface area contributed by atoms with Crippen molar-refractivity contribution < 1.29 is 13.2 Å². The number of aromatic amines is 1. The number of carbonyl (C=O) groups is 1. The van der Waals surface area contributed by atoms with Crippen LogP contribution in [0.3, 0.4) is 0 Å². The van der Waals surface area contributed by atoms with Crippen LogP contribution < -0.4 is 10.9 Å². The number of piperidine rings is 1. The first-order chi connectivity index (χ1) is 16.9. The van der Waals surface area contributed by atoms with Gasteiger partial charge >= 0.3 is 0 Å². The van der Waals surface area contributed by atoms with Crippen molar-refractivity contribution in [1.82, 2.24) is 24.1 Å². The molecule has 180 valence electrons. The number of anilines is 1. The summed E-state index contributed by atoms with van der Waals surface area (Å²) in [5.74, 6) is -0.407. The van der Waals surface area contributed by atoms with Gasteiger partial charge in [0.1, 0.15) is 5.39 Å². The van der Waals surface area contributed by atoms with Gasteiger partial charge in [-0.2, -0.15) is 9.40 Å². The molecule has 1 aliphatic heterocycles. The molecule has 0 radical (unpaired) electrons. The molecule has 2 aromatic carbocycles. The molecule has 1 fully saturated rings. The van der Waals surface area contributed by atoms with Crippen LogP contribution in [0.15, 0.2) is 70.7 Å². The van der Waals surface area contributed by atoms with Crippen molar-refractivity contribution in [3.63, 3.8) is 0 Å². The predicted octanol–water partition coefficient (Wildman–Crippen LogP) is 2.92. The maximum Gasteiger partial charge on any atom is 0.261 e. The number of amides is 1. The van der Waals surface area contributed by atoms with Gasteiger partial charge in [0.2, 0.25) is 10.0 Å². The molecule has 11 heteroatoms. The molecule has 0 bridgehead atoms. The Kier molecular flexibility index (Phi) is 5.95. The first-order valence-electron chi connectivity index (χ1n) is 11.3. The summed E-state index contributed by atoms with van der Waals surface area (Å²) in [4.78, 5) is 31.9. The van der Waals surface area contributed by atoms with Crippen molar-refractivity contribution in [2.24, 2.45) is 0 Å². The maximum atomic E-state index is 13.1. The summed E-state index contributed by atoms with van der Waals surface area (Å²) in [7, 11) is -3.62. The van der Waals surface area contributed by atoms with E-state index in [1.165, 1.54) is 45.8 Å². The molecule has 2 N–H and O–H groups in total. The third-order valence-corrected chi connectivity index (χ3v) is 8.24. The van der Waals surface area contributed by atoms with Crippen LogP contribution in [-0.2, 0) is 10.0 Å². The first kappa shape index (κ1) is 22.9. The lowest BCUT2D eigenvalue weighted by molar-refractivity contribution is 0.102. The van der Waals surface area contributed by atoms with Crippen molar-refractivity contribution >= 4 is 32.7 Å². The molecule has 1 amide bonds. The normalized spacial score (nSPS) is 16.9. The van der Waals surface area contributed by atoms with Gasteiger partial charge in [0, 0.05) is 18.2 Å². The minimum absolute atomic E-state index is 0.0447. The Labute approximate surface area is 201 Å². The average molecular weight is 493 g/mol. The summed E-state index contributed by atoms with van der Waals surface area (Å²) >= 11 is 0. The molecule has 35 heavy (non-hydrogen) atoms. The minimum atomic E-state index is -3.62. The summed E-state index contributed by atoms with van der Waals surface area (Å²) in [5, 5.41) is 7.44. The third kappa shape index (κ3) is 4.24. The van der Waals surface area contributed by atoms with E-state index in [1.54, 1.807) is 24.3 Å². The van der Waals surface area contributed by atoms with Crippen molar-refractivity contribution in [2.75, 3.05) is 11.9 Å². The van der Waals surface area contributed by atoms with Crippen molar-refractivity contribution in [1.29, 1.82) is 0 Å².